The summed E-state index contributed by atoms with van der Waals surface area (Å²) in [5.74, 6) is -0.465. The molecule has 1 aromatic heterocycles. The molecule has 0 bridgehead atoms. The molecule has 0 saturated heterocycles. The van der Waals surface area contributed by atoms with Crippen molar-refractivity contribution in [2.75, 3.05) is 6.61 Å². The number of hydrogen-bond acceptors (Lipinski definition) is 5. The molecule has 0 unspecified atom stereocenters. The van der Waals surface area contributed by atoms with Crippen molar-refractivity contribution in [3.05, 3.63) is 102 Å². The smallest absolute Gasteiger partial charge is 0.338 e. The van der Waals surface area contributed by atoms with E-state index in [2.05, 4.69) is 4.99 Å². The van der Waals surface area contributed by atoms with Crippen LogP contribution >= 0.6 is 22.9 Å². The number of thiazole rings is 1. The van der Waals surface area contributed by atoms with Gasteiger partial charge in [0.25, 0.3) is 5.56 Å². The van der Waals surface area contributed by atoms with Gasteiger partial charge in [-0.1, -0.05) is 71.5 Å². The standard InChI is InChI=1S/C23H19ClN2O3S/c1-3-29-22(28)19-14(2)25-23-26(20(19)15-9-5-4-6-10-15)21(27)18(30-23)13-16-11-7-8-12-17(16)24/h4-13,20H,3H2,1-2H3/b18-13-/t20-/m0/s1. The third kappa shape index (κ3) is 3.64. The number of hydrogen-bond donors (Lipinski definition) is 0. The first-order valence-corrected chi connectivity index (χ1v) is 10.7. The van der Waals surface area contributed by atoms with Crippen molar-refractivity contribution in [1.29, 1.82) is 0 Å². The Labute approximate surface area is 182 Å². The number of allylic oxidation sites excluding steroid dienone is 1. The third-order valence-corrected chi connectivity index (χ3v) is 6.15. The van der Waals surface area contributed by atoms with E-state index in [0.29, 0.717) is 25.6 Å². The molecule has 3 aromatic rings. The number of fused-ring (bicyclic) bond motifs is 1. The van der Waals surface area contributed by atoms with Gasteiger partial charge in [-0.25, -0.2) is 9.79 Å². The van der Waals surface area contributed by atoms with Gasteiger partial charge in [-0.15, -0.1) is 0 Å². The van der Waals surface area contributed by atoms with Gasteiger partial charge in [-0.2, -0.15) is 0 Å². The highest BCUT2D eigenvalue weighted by molar-refractivity contribution is 7.07. The second-order valence-corrected chi connectivity index (χ2v) is 8.15. The van der Waals surface area contributed by atoms with Gasteiger partial charge in [0.15, 0.2) is 4.80 Å². The van der Waals surface area contributed by atoms with E-state index >= 15 is 0 Å². The van der Waals surface area contributed by atoms with Crippen molar-refractivity contribution < 1.29 is 9.53 Å². The summed E-state index contributed by atoms with van der Waals surface area (Å²) in [7, 11) is 0. The van der Waals surface area contributed by atoms with E-state index in [1.807, 2.05) is 48.5 Å². The first kappa shape index (κ1) is 20.3. The largest absolute Gasteiger partial charge is 0.463 e. The average Bonchev–Trinajstić information content (AvgIpc) is 3.04. The summed E-state index contributed by atoms with van der Waals surface area (Å²) in [6.45, 7) is 3.77. The quantitative estimate of drug-likeness (QED) is 0.586. The van der Waals surface area contributed by atoms with Crippen molar-refractivity contribution in [2.24, 2.45) is 4.99 Å². The lowest BCUT2D eigenvalue weighted by molar-refractivity contribution is -0.139. The molecule has 0 N–H and O–H groups in total. The van der Waals surface area contributed by atoms with E-state index in [1.165, 1.54) is 11.3 Å². The number of carbonyl (C=O) groups is 1. The van der Waals surface area contributed by atoms with Crippen LogP contribution in [-0.2, 0) is 9.53 Å². The van der Waals surface area contributed by atoms with Crippen LogP contribution in [0.1, 0.15) is 31.0 Å². The fourth-order valence-corrected chi connectivity index (χ4v) is 4.70. The number of halogens is 1. The molecule has 4 rings (SSSR count). The molecular formula is C23H19ClN2O3S. The maximum absolute atomic E-state index is 13.4. The highest BCUT2D eigenvalue weighted by Gasteiger charge is 2.33. The van der Waals surface area contributed by atoms with E-state index in [9.17, 15) is 9.59 Å². The van der Waals surface area contributed by atoms with Crippen LogP contribution in [0, 0.1) is 0 Å². The summed E-state index contributed by atoms with van der Waals surface area (Å²) in [5.41, 5.74) is 2.27. The van der Waals surface area contributed by atoms with E-state index in [4.69, 9.17) is 16.3 Å². The van der Waals surface area contributed by atoms with Crippen molar-refractivity contribution in [3.63, 3.8) is 0 Å². The molecule has 1 aliphatic heterocycles. The molecule has 0 spiro atoms. The van der Waals surface area contributed by atoms with Gasteiger partial charge >= 0.3 is 5.97 Å². The maximum atomic E-state index is 13.4. The summed E-state index contributed by atoms with van der Waals surface area (Å²) in [6, 6.07) is 16.2. The first-order valence-electron chi connectivity index (χ1n) is 9.50. The summed E-state index contributed by atoms with van der Waals surface area (Å²) in [5, 5.41) is 0.561. The Morgan fingerprint density at radius 2 is 1.90 bits per heavy atom. The number of carbonyl (C=O) groups excluding carboxylic acids is 1. The lowest BCUT2D eigenvalue weighted by Crippen LogP contribution is -2.39. The van der Waals surface area contributed by atoms with Gasteiger partial charge < -0.3 is 4.74 Å². The zero-order valence-electron chi connectivity index (χ0n) is 16.5. The molecule has 5 nitrogen and oxygen atoms in total. The molecule has 0 fully saturated rings. The normalized spacial score (nSPS) is 16.2. The first-order chi connectivity index (χ1) is 14.5. The SMILES string of the molecule is CCOC(=O)C1=C(C)N=c2s/c(=C\c3ccccc3Cl)c(=O)n2[C@H]1c1ccccc1. The molecule has 0 aliphatic carbocycles. The van der Waals surface area contributed by atoms with Crippen molar-refractivity contribution in [1.82, 2.24) is 4.57 Å². The predicted octanol–water partition coefficient (Wildman–Crippen LogP) is 3.45. The maximum Gasteiger partial charge on any atom is 0.338 e. The van der Waals surface area contributed by atoms with Crippen molar-refractivity contribution in [3.8, 4) is 0 Å². The molecule has 2 aromatic carbocycles. The third-order valence-electron chi connectivity index (χ3n) is 4.82. The van der Waals surface area contributed by atoms with Crippen LogP contribution in [-0.4, -0.2) is 17.1 Å². The average molecular weight is 439 g/mol. The molecule has 0 radical (unpaired) electrons. The lowest BCUT2D eigenvalue weighted by Gasteiger charge is -2.24. The summed E-state index contributed by atoms with van der Waals surface area (Å²) in [6.07, 6.45) is 1.76. The number of nitrogens with zero attached hydrogens (tertiary/aromatic N) is 2. The second kappa shape index (κ2) is 8.42. The van der Waals surface area contributed by atoms with Crippen LogP contribution in [0.15, 0.2) is 75.7 Å². The zero-order chi connectivity index (χ0) is 21.3. The highest BCUT2D eigenvalue weighted by Crippen LogP contribution is 2.30. The molecule has 1 atom stereocenters. The van der Waals surface area contributed by atoms with Gasteiger partial charge in [-0.3, -0.25) is 9.36 Å². The Morgan fingerprint density at radius 1 is 1.20 bits per heavy atom. The topological polar surface area (TPSA) is 60.7 Å². The van der Waals surface area contributed by atoms with Gasteiger partial charge in [-0.05, 0) is 37.1 Å². The molecule has 7 heteroatoms. The molecule has 30 heavy (non-hydrogen) atoms. The molecule has 2 heterocycles. The van der Waals surface area contributed by atoms with Gasteiger partial charge in [0.2, 0.25) is 0 Å². The minimum absolute atomic E-state index is 0.221. The van der Waals surface area contributed by atoms with E-state index in [-0.39, 0.29) is 12.2 Å². The predicted molar refractivity (Wildman–Crippen MR) is 118 cm³/mol. The molecule has 0 amide bonds. The van der Waals surface area contributed by atoms with E-state index < -0.39 is 12.0 Å². The minimum Gasteiger partial charge on any atom is -0.463 e. The number of ether oxygens (including phenoxy) is 1. The number of rotatable bonds is 4. The van der Waals surface area contributed by atoms with Crippen molar-refractivity contribution >= 4 is 35.0 Å². The molecular weight excluding hydrogens is 420 g/mol. The van der Waals surface area contributed by atoms with Gasteiger partial charge in [0.05, 0.1) is 28.5 Å². The minimum atomic E-state index is -0.602. The Morgan fingerprint density at radius 3 is 2.60 bits per heavy atom. The highest BCUT2D eigenvalue weighted by atomic mass is 35.5. The van der Waals surface area contributed by atoms with Crippen LogP contribution in [0.25, 0.3) is 6.08 Å². The van der Waals surface area contributed by atoms with Gasteiger partial charge in [0, 0.05) is 5.02 Å². The molecule has 1 aliphatic rings. The van der Waals surface area contributed by atoms with Gasteiger partial charge in [0.1, 0.15) is 0 Å². The van der Waals surface area contributed by atoms with Crippen molar-refractivity contribution in [2.45, 2.75) is 19.9 Å². The Balaban J connectivity index is 1.97. The van der Waals surface area contributed by atoms with Crippen LogP contribution < -0.4 is 14.9 Å². The Bertz CT molecular complexity index is 1320. The summed E-state index contributed by atoms with van der Waals surface area (Å²) < 4.78 is 7.35. The van der Waals surface area contributed by atoms with Crippen LogP contribution in [0.5, 0.6) is 0 Å². The van der Waals surface area contributed by atoms with E-state index in [1.54, 1.807) is 30.6 Å². The number of benzene rings is 2. The Hall–Kier alpha value is -2.96. The fourth-order valence-electron chi connectivity index (χ4n) is 3.48. The molecule has 152 valence electrons. The van der Waals surface area contributed by atoms with Crippen LogP contribution in [0.3, 0.4) is 0 Å². The van der Waals surface area contributed by atoms with E-state index in [0.717, 1.165) is 11.1 Å². The lowest BCUT2D eigenvalue weighted by atomic mass is 9.96. The summed E-state index contributed by atoms with van der Waals surface area (Å²) in [4.78, 5) is 31.3. The van der Waals surface area contributed by atoms with Crippen LogP contribution in [0.2, 0.25) is 5.02 Å². The fraction of sp³-hybridized carbons (Fsp3) is 0.174. The number of aromatic nitrogens is 1. The number of esters is 1. The summed E-state index contributed by atoms with van der Waals surface area (Å²) >= 11 is 7.55. The Kier molecular flexibility index (Phi) is 5.70. The molecule has 0 saturated carbocycles. The second-order valence-electron chi connectivity index (χ2n) is 6.73. The monoisotopic (exact) mass is 438 g/mol. The van der Waals surface area contributed by atoms with Crippen LogP contribution in [0.4, 0.5) is 0 Å². The zero-order valence-corrected chi connectivity index (χ0v) is 18.0.